The largest absolute Gasteiger partial charge is 0.481 e. The second kappa shape index (κ2) is 2.71. The Morgan fingerprint density at radius 1 is 1.67 bits per heavy atom. The van der Waals surface area contributed by atoms with Crippen LogP contribution in [0.2, 0.25) is 0 Å². The topological polar surface area (TPSA) is 72.6 Å². The summed E-state index contributed by atoms with van der Waals surface area (Å²) in [5.41, 5.74) is 4.88. The van der Waals surface area contributed by atoms with Gasteiger partial charge in [-0.1, -0.05) is 0 Å². The summed E-state index contributed by atoms with van der Waals surface area (Å²) >= 11 is 0. The Hall–Kier alpha value is -0.610. The fourth-order valence-corrected chi connectivity index (χ4v) is 1.70. The minimum Gasteiger partial charge on any atom is -0.481 e. The van der Waals surface area contributed by atoms with Gasteiger partial charge in [-0.05, 0) is 20.3 Å². The molecule has 0 aromatic carbocycles. The van der Waals surface area contributed by atoms with Crippen molar-refractivity contribution in [3.63, 3.8) is 0 Å². The number of nitrogens with two attached hydrogens (primary N) is 1. The first-order valence-electron chi connectivity index (χ1n) is 3.98. The molecule has 4 nitrogen and oxygen atoms in total. The molecule has 0 aromatic heterocycles. The third kappa shape index (κ3) is 2.19. The lowest BCUT2D eigenvalue weighted by Gasteiger charge is -2.21. The lowest BCUT2D eigenvalue weighted by Crippen LogP contribution is -2.43. The van der Waals surface area contributed by atoms with Crippen LogP contribution < -0.4 is 5.73 Å². The summed E-state index contributed by atoms with van der Waals surface area (Å²) in [4.78, 5) is 10.4. The minimum atomic E-state index is -0.862. The summed E-state index contributed by atoms with van der Waals surface area (Å²) in [6.07, 6.45) is 0.586. The molecular weight excluding hydrogens is 158 g/mol. The van der Waals surface area contributed by atoms with Crippen molar-refractivity contribution < 1.29 is 14.6 Å². The maximum Gasteiger partial charge on any atom is 0.305 e. The Kier molecular flexibility index (Phi) is 2.14. The molecule has 70 valence electrons. The molecule has 1 aliphatic rings. The smallest absolute Gasteiger partial charge is 0.305 e. The van der Waals surface area contributed by atoms with Crippen LogP contribution in [-0.2, 0) is 9.53 Å². The van der Waals surface area contributed by atoms with Gasteiger partial charge in [0.05, 0.1) is 24.2 Å². The molecule has 0 aromatic rings. The summed E-state index contributed by atoms with van der Waals surface area (Å²) in [5.74, 6) is -0.862. The summed E-state index contributed by atoms with van der Waals surface area (Å²) in [6.45, 7) is 4.18. The van der Waals surface area contributed by atoms with Crippen molar-refractivity contribution in [2.24, 2.45) is 5.73 Å². The van der Waals surface area contributed by atoms with Crippen LogP contribution in [0.15, 0.2) is 0 Å². The van der Waals surface area contributed by atoms with E-state index < -0.39 is 11.5 Å². The van der Waals surface area contributed by atoms with Gasteiger partial charge in [0, 0.05) is 0 Å². The summed E-state index contributed by atoms with van der Waals surface area (Å²) in [6, 6.07) is 0. The van der Waals surface area contributed by atoms with Crippen LogP contribution in [0.25, 0.3) is 0 Å². The maximum absolute atomic E-state index is 10.4. The number of carboxylic acids is 1. The molecule has 0 amide bonds. The molecule has 3 N–H and O–H groups in total. The van der Waals surface area contributed by atoms with Gasteiger partial charge in [0.2, 0.25) is 0 Å². The second-order valence-electron chi connectivity index (χ2n) is 4.16. The number of rotatable bonds is 2. The predicted molar refractivity (Wildman–Crippen MR) is 43.8 cm³/mol. The van der Waals surface area contributed by atoms with E-state index >= 15 is 0 Å². The normalized spacial score (nSPS) is 33.6. The van der Waals surface area contributed by atoms with E-state index in [1.807, 2.05) is 13.8 Å². The van der Waals surface area contributed by atoms with Crippen LogP contribution >= 0.6 is 0 Å². The molecule has 0 bridgehead atoms. The molecule has 1 heterocycles. The zero-order chi connectivity index (χ0) is 9.41. The Balaban J connectivity index is 2.58. The highest BCUT2D eigenvalue weighted by Gasteiger charge is 2.42. The first kappa shape index (κ1) is 9.48. The van der Waals surface area contributed by atoms with Crippen molar-refractivity contribution in [2.75, 3.05) is 6.61 Å². The lowest BCUT2D eigenvalue weighted by atomic mass is 9.89. The van der Waals surface area contributed by atoms with Gasteiger partial charge in [-0.15, -0.1) is 0 Å². The van der Waals surface area contributed by atoms with Crippen LogP contribution in [0.1, 0.15) is 26.7 Å². The van der Waals surface area contributed by atoms with Crippen LogP contribution in [0.3, 0.4) is 0 Å². The van der Waals surface area contributed by atoms with Crippen molar-refractivity contribution in [2.45, 2.75) is 37.8 Å². The van der Waals surface area contributed by atoms with E-state index in [9.17, 15) is 4.79 Å². The predicted octanol–water partition coefficient (Wildman–Crippen LogP) is 0.357. The molecule has 1 saturated heterocycles. The molecule has 12 heavy (non-hydrogen) atoms. The number of carbonyl (C=O) groups is 1. The first-order chi connectivity index (χ1) is 5.33. The summed E-state index contributed by atoms with van der Waals surface area (Å²) in [7, 11) is 0. The summed E-state index contributed by atoms with van der Waals surface area (Å²) in [5, 5.41) is 8.57. The van der Waals surface area contributed by atoms with Crippen LogP contribution in [0.5, 0.6) is 0 Å². The number of ether oxygens (including phenoxy) is 1. The fraction of sp³-hybridized carbons (Fsp3) is 0.875. The van der Waals surface area contributed by atoms with Gasteiger partial charge in [0.1, 0.15) is 0 Å². The molecule has 1 rings (SSSR count). The molecule has 4 heteroatoms. The van der Waals surface area contributed by atoms with Crippen molar-refractivity contribution in [3.05, 3.63) is 0 Å². The van der Waals surface area contributed by atoms with Crippen molar-refractivity contribution in [3.8, 4) is 0 Å². The SMILES string of the molecule is CC1(C)CC(N)(CC(=O)O)CO1. The zero-order valence-electron chi connectivity index (χ0n) is 7.46. The molecule has 1 aliphatic heterocycles. The quantitative estimate of drug-likeness (QED) is 0.632. The third-order valence-corrected chi connectivity index (χ3v) is 2.03. The minimum absolute atomic E-state index is 0.0174. The summed E-state index contributed by atoms with van der Waals surface area (Å²) < 4.78 is 5.37. The van der Waals surface area contributed by atoms with Gasteiger partial charge in [-0.25, -0.2) is 0 Å². The van der Waals surface area contributed by atoms with Gasteiger partial charge >= 0.3 is 5.97 Å². The maximum atomic E-state index is 10.4. The molecule has 0 radical (unpaired) electrons. The molecule has 1 unspecified atom stereocenters. The molecule has 1 atom stereocenters. The van der Waals surface area contributed by atoms with Gasteiger partial charge in [0.15, 0.2) is 0 Å². The van der Waals surface area contributed by atoms with Gasteiger partial charge in [-0.3, -0.25) is 4.79 Å². The highest BCUT2D eigenvalue weighted by molar-refractivity contribution is 5.68. The number of hydrogen-bond donors (Lipinski definition) is 2. The van der Waals surface area contributed by atoms with E-state index in [-0.39, 0.29) is 12.0 Å². The highest BCUT2D eigenvalue weighted by atomic mass is 16.5. The van der Waals surface area contributed by atoms with Crippen LogP contribution in [0.4, 0.5) is 0 Å². The zero-order valence-corrected chi connectivity index (χ0v) is 7.46. The Morgan fingerprint density at radius 3 is 2.58 bits per heavy atom. The monoisotopic (exact) mass is 173 g/mol. The van der Waals surface area contributed by atoms with E-state index in [0.29, 0.717) is 13.0 Å². The van der Waals surface area contributed by atoms with Crippen molar-refractivity contribution in [1.29, 1.82) is 0 Å². The average Bonchev–Trinajstić information content (AvgIpc) is 2.03. The van der Waals surface area contributed by atoms with Crippen molar-refractivity contribution in [1.82, 2.24) is 0 Å². The number of hydrogen-bond acceptors (Lipinski definition) is 3. The second-order valence-corrected chi connectivity index (χ2v) is 4.16. The van der Waals surface area contributed by atoms with Gasteiger partial charge < -0.3 is 15.6 Å². The van der Waals surface area contributed by atoms with E-state index in [0.717, 1.165) is 0 Å². The first-order valence-corrected chi connectivity index (χ1v) is 3.98. The van der Waals surface area contributed by atoms with Crippen molar-refractivity contribution >= 4 is 5.97 Å². The standard InChI is InChI=1S/C8H15NO3/c1-7(2)4-8(9,5-12-7)3-6(10)11/h3-5,9H2,1-2H3,(H,10,11). The fourth-order valence-electron chi connectivity index (χ4n) is 1.70. The average molecular weight is 173 g/mol. The number of aliphatic carboxylic acids is 1. The molecule has 1 fully saturated rings. The molecule has 0 saturated carbocycles. The molecule has 0 aliphatic carbocycles. The van der Waals surface area contributed by atoms with Crippen LogP contribution in [-0.4, -0.2) is 28.8 Å². The van der Waals surface area contributed by atoms with Gasteiger partial charge in [0.25, 0.3) is 0 Å². The Labute approximate surface area is 71.7 Å². The van der Waals surface area contributed by atoms with E-state index in [1.165, 1.54) is 0 Å². The highest BCUT2D eigenvalue weighted by Crippen LogP contribution is 2.32. The van der Waals surface area contributed by atoms with Crippen LogP contribution in [0, 0.1) is 0 Å². The lowest BCUT2D eigenvalue weighted by molar-refractivity contribution is -0.138. The molecular formula is C8H15NO3. The van der Waals surface area contributed by atoms with Gasteiger partial charge in [-0.2, -0.15) is 0 Å². The van der Waals surface area contributed by atoms with E-state index in [1.54, 1.807) is 0 Å². The Bertz CT molecular complexity index is 202. The van der Waals surface area contributed by atoms with E-state index in [2.05, 4.69) is 0 Å². The van der Waals surface area contributed by atoms with E-state index in [4.69, 9.17) is 15.6 Å². The number of carboxylic acid groups (broad SMARTS) is 1. The Morgan fingerprint density at radius 2 is 2.25 bits per heavy atom. The third-order valence-electron chi connectivity index (χ3n) is 2.03. The molecule has 0 spiro atoms.